The van der Waals surface area contributed by atoms with E-state index in [0.717, 1.165) is 16.7 Å². The van der Waals surface area contributed by atoms with E-state index in [1.807, 2.05) is 39.0 Å². The first-order chi connectivity index (χ1) is 15.2. The zero-order valence-corrected chi connectivity index (χ0v) is 18.6. The lowest BCUT2D eigenvalue weighted by atomic mass is 9.69. The largest absolute Gasteiger partial charge is 0.507 e. The zero-order chi connectivity index (χ0) is 23.6. The molecule has 0 fully saturated rings. The Labute approximate surface area is 187 Å². The number of rotatable bonds is 7. The minimum Gasteiger partial charge on any atom is -0.507 e. The van der Waals surface area contributed by atoms with Crippen LogP contribution in [0.15, 0.2) is 42.5 Å². The van der Waals surface area contributed by atoms with Gasteiger partial charge in [-0.3, -0.25) is 0 Å². The summed E-state index contributed by atoms with van der Waals surface area (Å²) in [7, 11) is 0. The lowest BCUT2D eigenvalue weighted by molar-refractivity contribution is 0.263. The molecule has 0 saturated heterocycles. The summed E-state index contributed by atoms with van der Waals surface area (Å²) in [6.45, 7) is 4.31. The maximum Gasteiger partial charge on any atom is 0.126 e. The summed E-state index contributed by atoms with van der Waals surface area (Å²) in [4.78, 5) is 0. The molecule has 0 amide bonds. The molecule has 3 aromatic carbocycles. The Kier molecular flexibility index (Phi) is 6.91. The molecule has 0 radical (unpaired) electrons. The van der Waals surface area contributed by atoms with Crippen LogP contribution in [-0.4, -0.2) is 30.6 Å². The molecule has 32 heavy (non-hydrogen) atoms. The monoisotopic (exact) mass is 438 g/mol. The van der Waals surface area contributed by atoms with Gasteiger partial charge in [0.1, 0.15) is 11.5 Å². The van der Waals surface area contributed by atoms with Crippen molar-refractivity contribution in [2.75, 3.05) is 0 Å². The van der Waals surface area contributed by atoms with Gasteiger partial charge in [-0.25, -0.2) is 0 Å². The van der Waals surface area contributed by atoms with Crippen LogP contribution in [0.25, 0.3) is 0 Å². The number of hydrogen-bond acceptors (Lipinski definition) is 6. The Morgan fingerprint density at radius 1 is 0.531 bits per heavy atom. The second-order valence-electron chi connectivity index (χ2n) is 8.42. The summed E-state index contributed by atoms with van der Waals surface area (Å²) in [5.41, 5.74) is 4.66. The zero-order valence-electron chi connectivity index (χ0n) is 18.6. The van der Waals surface area contributed by atoms with Gasteiger partial charge in [0, 0.05) is 27.7 Å². The highest BCUT2D eigenvalue weighted by Gasteiger charge is 2.34. The number of hydrogen-bond donors (Lipinski definition) is 6. The van der Waals surface area contributed by atoms with E-state index >= 15 is 0 Å². The molecule has 0 aromatic heterocycles. The van der Waals surface area contributed by atoms with Crippen molar-refractivity contribution in [1.29, 1.82) is 0 Å². The molecule has 0 aliphatic rings. The minimum atomic E-state index is -0.861. The minimum absolute atomic E-state index is 0.153. The third kappa shape index (κ3) is 4.10. The van der Waals surface area contributed by atoms with E-state index in [1.54, 1.807) is 24.3 Å². The van der Waals surface area contributed by atoms with E-state index in [9.17, 15) is 30.6 Å². The fourth-order valence-corrected chi connectivity index (χ4v) is 4.34. The molecular weight excluding hydrogens is 408 g/mol. The highest BCUT2D eigenvalue weighted by Crippen LogP contribution is 2.44. The predicted octanol–water partition coefficient (Wildman–Crippen LogP) is 3.04. The Balaban J connectivity index is 2.44. The number of aliphatic hydroxyl groups excluding tert-OH is 4. The molecule has 0 heterocycles. The molecule has 3 aromatic rings. The highest BCUT2D eigenvalue weighted by atomic mass is 16.3. The van der Waals surface area contributed by atoms with Crippen LogP contribution in [0.2, 0.25) is 0 Å². The number of phenols is 2. The van der Waals surface area contributed by atoms with E-state index in [-0.39, 0.29) is 33.8 Å². The van der Waals surface area contributed by atoms with Crippen molar-refractivity contribution in [3.05, 3.63) is 92.5 Å². The molecule has 0 saturated carbocycles. The Morgan fingerprint density at radius 3 is 1.09 bits per heavy atom. The van der Waals surface area contributed by atoms with Crippen LogP contribution in [0.3, 0.4) is 0 Å². The van der Waals surface area contributed by atoms with E-state index < -0.39 is 31.8 Å². The van der Waals surface area contributed by atoms with Gasteiger partial charge in [-0.15, -0.1) is 0 Å². The normalized spacial score (nSPS) is 11.7. The molecule has 170 valence electrons. The lowest BCUT2D eigenvalue weighted by Gasteiger charge is -2.34. The van der Waals surface area contributed by atoms with E-state index in [1.165, 1.54) is 0 Å². The molecule has 3 rings (SSSR count). The molecule has 0 atom stereocenters. The summed E-state index contributed by atoms with van der Waals surface area (Å²) in [5.74, 6) is -0.307. The average Bonchev–Trinajstić information content (AvgIpc) is 2.78. The van der Waals surface area contributed by atoms with Gasteiger partial charge in [0.25, 0.3) is 0 Å². The summed E-state index contributed by atoms with van der Waals surface area (Å²) < 4.78 is 0. The van der Waals surface area contributed by atoms with E-state index in [0.29, 0.717) is 11.1 Å². The number of aromatic hydroxyl groups is 2. The van der Waals surface area contributed by atoms with Crippen molar-refractivity contribution >= 4 is 0 Å². The van der Waals surface area contributed by atoms with Crippen LogP contribution in [0.1, 0.15) is 57.0 Å². The predicted molar refractivity (Wildman–Crippen MR) is 121 cm³/mol. The van der Waals surface area contributed by atoms with Crippen molar-refractivity contribution in [3.8, 4) is 11.5 Å². The standard InChI is InChI=1S/C26H30O6/c1-15-4-16(2)6-21(5-15)26(3,22-7-17(11-27)24(31)18(8-22)12-28)23-9-19(13-29)25(32)20(10-23)14-30/h4-10,27-32H,11-14H2,1-3H3. The van der Waals surface area contributed by atoms with Crippen LogP contribution >= 0.6 is 0 Å². The highest BCUT2D eigenvalue weighted by molar-refractivity contribution is 5.58. The molecule has 0 unspecified atom stereocenters. The first kappa shape index (κ1) is 23.8. The van der Waals surface area contributed by atoms with Gasteiger partial charge in [0.15, 0.2) is 0 Å². The summed E-state index contributed by atoms with van der Waals surface area (Å²) >= 11 is 0. The van der Waals surface area contributed by atoms with Crippen LogP contribution in [0.4, 0.5) is 0 Å². The molecule has 6 nitrogen and oxygen atoms in total. The smallest absolute Gasteiger partial charge is 0.126 e. The molecule has 0 spiro atoms. The fourth-order valence-electron chi connectivity index (χ4n) is 4.34. The van der Waals surface area contributed by atoms with E-state index in [2.05, 4.69) is 0 Å². The molecule has 6 N–H and O–H groups in total. The van der Waals surface area contributed by atoms with Crippen LogP contribution in [0, 0.1) is 13.8 Å². The van der Waals surface area contributed by atoms with Crippen molar-refractivity contribution < 1.29 is 30.6 Å². The second-order valence-corrected chi connectivity index (χ2v) is 8.42. The van der Waals surface area contributed by atoms with Crippen LogP contribution in [-0.2, 0) is 31.8 Å². The third-order valence-corrected chi connectivity index (χ3v) is 6.17. The first-order valence-corrected chi connectivity index (χ1v) is 10.4. The third-order valence-electron chi connectivity index (χ3n) is 6.17. The lowest BCUT2D eigenvalue weighted by Crippen LogP contribution is -2.27. The van der Waals surface area contributed by atoms with Crippen LogP contribution < -0.4 is 0 Å². The Morgan fingerprint density at radius 2 is 0.812 bits per heavy atom. The summed E-state index contributed by atoms with van der Waals surface area (Å²) in [6.07, 6.45) is 0. The van der Waals surface area contributed by atoms with Gasteiger partial charge in [-0.05, 0) is 61.7 Å². The maximum absolute atomic E-state index is 10.4. The van der Waals surface area contributed by atoms with Gasteiger partial charge in [0.05, 0.1) is 26.4 Å². The molecule has 0 aliphatic heterocycles. The van der Waals surface area contributed by atoms with Gasteiger partial charge in [-0.1, -0.05) is 29.3 Å². The van der Waals surface area contributed by atoms with Crippen molar-refractivity contribution in [1.82, 2.24) is 0 Å². The van der Waals surface area contributed by atoms with Crippen LogP contribution in [0.5, 0.6) is 11.5 Å². The number of aliphatic hydroxyl groups is 4. The molecule has 0 bridgehead atoms. The quantitative estimate of drug-likeness (QED) is 0.315. The van der Waals surface area contributed by atoms with Crippen molar-refractivity contribution in [2.24, 2.45) is 0 Å². The number of benzene rings is 3. The molecular formula is C26H30O6. The Hall–Kier alpha value is -2.90. The topological polar surface area (TPSA) is 121 Å². The SMILES string of the molecule is Cc1cc(C)cc(C(C)(c2cc(CO)c(O)c(CO)c2)c2cc(CO)c(O)c(CO)c2)c1. The molecule has 6 heteroatoms. The van der Waals surface area contributed by atoms with Gasteiger partial charge in [-0.2, -0.15) is 0 Å². The average molecular weight is 439 g/mol. The van der Waals surface area contributed by atoms with Crippen molar-refractivity contribution in [3.63, 3.8) is 0 Å². The van der Waals surface area contributed by atoms with Gasteiger partial charge >= 0.3 is 0 Å². The summed E-state index contributed by atoms with van der Waals surface area (Å²) in [5, 5.41) is 60.1. The fraction of sp³-hybridized carbons (Fsp3) is 0.308. The van der Waals surface area contributed by atoms with Gasteiger partial charge in [0.2, 0.25) is 0 Å². The van der Waals surface area contributed by atoms with Gasteiger partial charge < -0.3 is 30.6 Å². The molecule has 0 aliphatic carbocycles. The van der Waals surface area contributed by atoms with Crippen molar-refractivity contribution in [2.45, 2.75) is 52.6 Å². The number of aryl methyl sites for hydroxylation is 2. The maximum atomic E-state index is 10.4. The second kappa shape index (κ2) is 9.30. The Bertz CT molecular complexity index is 1000. The first-order valence-electron chi connectivity index (χ1n) is 10.4. The van der Waals surface area contributed by atoms with E-state index in [4.69, 9.17) is 0 Å². The summed E-state index contributed by atoms with van der Waals surface area (Å²) in [6, 6.07) is 12.9.